The van der Waals surface area contributed by atoms with Crippen molar-refractivity contribution in [3.05, 3.63) is 11.4 Å². The van der Waals surface area contributed by atoms with Crippen LogP contribution in [0.1, 0.15) is 45.4 Å². The van der Waals surface area contributed by atoms with Crippen LogP contribution >= 0.6 is 0 Å². The number of hydrogen-bond donors (Lipinski definition) is 2. The first-order valence-corrected chi connectivity index (χ1v) is 8.67. The molecule has 1 saturated carbocycles. The van der Waals surface area contributed by atoms with Gasteiger partial charge in [-0.25, -0.2) is 9.98 Å². The summed E-state index contributed by atoms with van der Waals surface area (Å²) in [5, 5.41) is 19.0. The smallest absolute Gasteiger partial charge is 0.142 e. The largest absolute Gasteiger partial charge is 0.376 e. The summed E-state index contributed by atoms with van der Waals surface area (Å²) in [4.78, 5) is 11.0. The van der Waals surface area contributed by atoms with E-state index in [1.54, 1.807) is 0 Å². The van der Waals surface area contributed by atoms with Gasteiger partial charge in [0.25, 0.3) is 0 Å². The van der Waals surface area contributed by atoms with Gasteiger partial charge in [0.05, 0.1) is 12.3 Å². The van der Waals surface area contributed by atoms with Crippen molar-refractivity contribution < 1.29 is 14.9 Å². The van der Waals surface area contributed by atoms with Crippen LogP contribution in [0.5, 0.6) is 0 Å². The number of ether oxygens (including phenoxy) is 1. The summed E-state index contributed by atoms with van der Waals surface area (Å²) in [5.41, 5.74) is 1.89. The zero-order valence-electron chi connectivity index (χ0n) is 14.2. The highest BCUT2D eigenvalue weighted by atomic mass is 16.6. The summed E-state index contributed by atoms with van der Waals surface area (Å²) in [7, 11) is 0. The maximum Gasteiger partial charge on any atom is 0.142 e. The maximum absolute atomic E-state index is 9.50. The number of epoxide rings is 1. The Hall–Kier alpha value is -1.68. The number of allylic oxidation sites excluding steroid dienone is 1. The molecule has 2 N–H and O–H groups in total. The fourth-order valence-electron chi connectivity index (χ4n) is 3.11. The van der Waals surface area contributed by atoms with Gasteiger partial charge in [0.15, 0.2) is 0 Å². The van der Waals surface area contributed by atoms with E-state index in [1.165, 1.54) is 17.7 Å². The lowest BCUT2D eigenvalue weighted by atomic mass is 10.0. The van der Waals surface area contributed by atoms with Crippen LogP contribution < -0.4 is 0 Å². The average molecular weight is 331 g/mol. The van der Waals surface area contributed by atoms with E-state index in [2.05, 4.69) is 11.8 Å². The Bertz CT molecular complexity index is 613. The van der Waals surface area contributed by atoms with Gasteiger partial charge in [-0.15, -0.1) is 0 Å². The number of nitrogens with zero attached hydrogens (tertiary/aromatic N) is 3. The quantitative estimate of drug-likeness (QED) is 0.466. The summed E-state index contributed by atoms with van der Waals surface area (Å²) >= 11 is 0. The number of aliphatic hydroxyl groups is 2. The van der Waals surface area contributed by atoms with Crippen LogP contribution in [0.3, 0.4) is 0 Å². The van der Waals surface area contributed by atoms with E-state index in [0.29, 0.717) is 11.7 Å². The highest BCUT2D eigenvalue weighted by Gasteiger charge is 2.24. The van der Waals surface area contributed by atoms with Crippen molar-refractivity contribution in [2.45, 2.75) is 51.6 Å². The first-order valence-electron chi connectivity index (χ1n) is 8.67. The van der Waals surface area contributed by atoms with Crippen LogP contribution in [0.25, 0.3) is 0 Å². The summed E-state index contributed by atoms with van der Waals surface area (Å²) in [5.74, 6) is 8.01. The van der Waals surface area contributed by atoms with Gasteiger partial charge in [-0.05, 0) is 37.7 Å². The normalized spacial score (nSPS) is 31.9. The molecule has 0 radical (unpaired) electrons. The second kappa shape index (κ2) is 7.93. The van der Waals surface area contributed by atoms with E-state index in [4.69, 9.17) is 14.7 Å². The maximum atomic E-state index is 9.50. The molecular formula is C18H25N3O3. The highest BCUT2D eigenvalue weighted by molar-refractivity contribution is 6.08. The monoisotopic (exact) mass is 331 g/mol. The number of rotatable bonds is 4. The Morgan fingerprint density at radius 3 is 2.50 bits per heavy atom. The van der Waals surface area contributed by atoms with Crippen LogP contribution in [-0.4, -0.2) is 52.8 Å². The molecule has 2 aliphatic heterocycles. The predicted octanol–water partition coefficient (Wildman–Crippen LogP) is 1.65. The van der Waals surface area contributed by atoms with Gasteiger partial charge in [0, 0.05) is 12.3 Å². The Kier molecular flexibility index (Phi) is 5.67. The summed E-state index contributed by atoms with van der Waals surface area (Å²) in [6.07, 6.45) is 6.11. The predicted molar refractivity (Wildman–Crippen MR) is 92.3 cm³/mol. The van der Waals surface area contributed by atoms with Crippen molar-refractivity contribution in [2.75, 3.05) is 20.1 Å². The van der Waals surface area contributed by atoms with Crippen LogP contribution in [0.15, 0.2) is 21.4 Å². The van der Waals surface area contributed by atoms with Gasteiger partial charge < -0.3 is 19.8 Å². The molecule has 3 aliphatic rings. The SMILES string of the molecule is C/C1=C(N(CO)CO)/N=C(C2CCCC2)\N=C(\C#CC2CO2)CC1. The van der Waals surface area contributed by atoms with E-state index in [1.807, 2.05) is 6.92 Å². The lowest BCUT2D eigenvalue weighted by molar-refractivity contribution is 0.0554. The standard InChI is InChI=1S/C18H25N3O3/c1-13-6-7-15(8-9-16-10-24-16)19-17(14-4-2-3-5-14)20-18(13)21(11-22)12-23/h14,16,22-23H,2-7,10-12H2,1H3/b18-13+,19-15+,20-17-. The van der Waals surface area contributed by atoms with Gasteiger partial charge >= 0.3 is 0 Å². The summed E-state index contributed by atoms with van der Waals surface area (Å²) in [6, 6.07) is 0. The molecule has 0 aromatic carbocycles. The molecule has 0 spiro atoms. The lowest BCUT2D eigenvalue weighted by Crippen LogP contribution is -2.27. The van der Waals surface area contributed by atoms with Crippen molar-refractivity contribution in [1.82, 2.24) is 4.90 Å². The zero-order chi connectivity index (χ0) is 16.9. The van der Waals surface area contributed by atoms with Crippen molar-refractivity contribution in [3.8, 4) is 11.8 Å². The Labute approximate surface area is 142 Å². The first-order chi connectivity index (χ1) is 11.7. The molecule has 3 rings (SSSR count). The molecular weight excluding hydrogens is 306 g/mol. The minimum atomic E-state index is -0.264. The van der Waals surface area contributed by atoms with E-state index in [9.17, 15) is 10.2 Å². The Morgan fingerprint density at radius 1 is 1.17 bits per heavy atom. The minimum Gasteiger partial charge on any atom is -0.376 e. The fourth-order valence-corrected chi connectivity index (χ4v) is 3.11. The molecule has 24 heavy (non-hydrogen) atoms. The summed E-state index contributed by atoms with van der Waals surface area (Å²) in [6.45, 7) is 2.18. The molecule has 6 nitrogen and oxygen atoms in total. The third-order valence-corrected chi connectivity index (χ3v) is 4.66. The second-order valence-corrected chi connectivity index (χ2v) is 6.53. The third kappa shape index (κ3) is 4.23. The van der Waals surface area contributed by atoms with E-state index >= 15 is 0 Å². The number of aliphatic hydroxyl groups excluding tert-OH is 2. The molecule has 1 unspecified atom stereocenters. The van der Waals surface area contributed by atoms with Crippen LogP contribution in [0, 0.1) is 17.8 Å². The molecule has 0 aromatic heterocycles. The molecule has 2 heterocycles. The molecule has 1 saturated heterocycles. The first kappa shape index (κ1) is 17.2. The van der Waals surface area contributed by atoms with Crippen molar-refractivity contribution in [2.24, 2.45) is 15.9 Å². The van der Waals surface area contributed by atoms with Gasteiger partial charge in [-0.3, -0.25) is 0 Å². The molecule has 2 fully saturated rings. The van der Waals surface area contributed by atoms with Crippen LogP contribution in [0.4, 0.5) is 0 Å². The Morgan fingerprint density at radius 2 is 1.88 bits per heavy atom. The molecule has 130 valence electrons. The average Bonchev–Trinajstić information content (AvgIpc) is 3.25. The third-order valence-electron chi connectivity index (χ3n) is 4.66. The van der Waals surface area contributed by atoms with Crippen molar-refractivity contribution >= 4 is 11.5 Å². The second-order valence-electron chi connectivity index (χ2n) is 6.53. The van der Waals surface area contributed by atoms with E-state index in [-0.39, 0.29) is 19.6 Å². The molecule has 0 bridgehead atoms. The summed E-state index contributed by atoms with van der Waals surface area (Å²) < 4.78 is 5.15. The number of aliphatic imine (C=N–C) groups is 2. The van der Waals surface area contributed by atoms with Gasteiger partial charge in [0.1, 0.15) is 31.2 Å². The van der Waals surface area contributed by atoms with Gasteiger partial charge in [0.2, 0.25) is 0 Å². The fraction of sp³-hybridized carbons (Fsp3) is 0.667. The van der Waals surface area contributed by atoms with Crippen molar-refractivity contribution in [3.63, 3.8) is 0 Å². The highest BCUT2D eigenvalue weighted by Crippen LogP contribution is 2.29. The lowest BCUT2D eigenvalue weighted by Gasteiger charge is -2.24. The minimum absolute atomic E-state index is 0.0662. The number of hydrogen-bond acceptors (Lipinski definition) is 6. The van der Waals surface area contributed by atoms with Crippen LogP contribution in [0.2, 0.25) is 0 Å². The number of amidine groups is 1. The molecule has 1 aliphatic carbocycles. The van der Waals surface area contributed by atoms with Gasteiger partial charge in [-0.2, -0.15) is 0 Å². The topological polar surface area (TPSA) is 81.0 Å². The van der Waals surface area contributed by atoms with E-state index in [0.717, 1.165) is 49.4 Å². The molecule has 6 heteroatoms. The molecule has 0 aromatic rings. The molecule has 0 amide bonds. The molecule has 1 atom stereocenters. The van der Waals surface area contributed by atoms with Crippen LogP contribution in [-0.2, 0) is 4.74 Å². The Balaban J connectivity index is 1.94. The van der Waals surface area contributed by atoms with E-state index < -0.39 is 0 Å². The van der Waals surface area contributed by atoms with Crippen molar-refractivity contribution in [1.29, 1.82) is 0 Å². The van der Waals surface area contributed by atoms with Gasteiger partial charge in [-0.1, -0.05) is 18.8 Å². The zero-order valence-corrected chi connectivity index (χ0v) is 14.2.